The molecule has 0 unspecified atom stereocenters. The molecule has 2 N–H and O–H groups in total. The summed E-state index contributed by atoms with van der Waals surface area (Å²) in [7, 11) is 0. The molecule has 2 saturated carbocycles. The Labute approximate surface area is 207 Å². The average molecular weight is 562 g/mol. The monoisotopic (exact) mass is 559 g/mol. The van der Waals surface area contributed by atoms with Crippen LogP contribution in [0.3, 0.4) is 0 Å². The number of rotatable bonds is 5. The Bertz CT molecular complexity index is 1120. The van der Waals surface area contributed by atoms with E-state index >= 15 is 0 Å². The van der Waals surface area contributed by atoms with Crippen molar-refractivity contribution in [2.45, 2.75) is 28.6 Å². The molecule has 2 fully saturated rings. The Balaban J connectivity index is 1.51. The summed E-state index contributed by atoms with van der Waals surface area (Å²) < 4.78 is -0.532. The number of hydrogen-bond donors (Lipinski definition) is 2. The third kappa shape index (κ3) is 4.53. The van der Waals surface area contributed by atoms with Gasteiger partial charge in [0.1, 0.15) is 9.87 Å². The van der Waals surface area contributed by atoms with Crippen LogP contribution in [0.5, 0.6) is 0 Å². The highest BCUT2D eigenvalue weighted by molar-refractivity contribution is 9.10. The number of carbonyl (C=O) groups excluding carboxylic acids is 2. The number of halogens is 5. The van der Waals surface area contributed by atoms with E-state index in [0.29, 0.717) is 23.6 Å². The van der Waals surface area contributed by atoms with E-state index in [1.54, 1.807) is 18.2 Å². The van der Waals surface area contributed by atoms with Gasteiger partial charge in [-0.05, 0) is 54.8 Å². The third-order valence-corrected chi connectivity index (χ3v) is 7.32. The SMILES string of the molecule is N#CC1(NC(=O)c2cc(NC(=O)[C@H]3[C@H](c4cc(Cl)cc(Br)c4)C3(Cl)Cl)ccc2Cl)CC1. The molecule has 2 aromatic rings. The van der Waals surface area contributed by atoms with Crippen LogP contribution < -0.4 is 10.6 Å². The fraction of sp³-hybridized carbons (Fsp3) is 0.286. The van der Waals surface area contributed by atoms with Crippen molar-refractivity contribution >= 4 is 79.8 Å². The van der Waals surface area contributed by atoms with Gasteiger partial charge in [-0.2, -0.15) is 5.26 Å². The molecule has 31 heavy (non-hydrogen) atoms. The number of carbonyl (C=O) groups is 2. The molecule has 0 bridgehead atoms. The molecule has 2 amide bonds. The second-order valence-electron chi connectivity index (χ2n) is 7.66. The Morgan fingerprint density at radius 2 is 1.84 bits per heavy atom. The van der Waals surface area contributed by atoms with Gasteiger partial charge in [-0.25, -0.2) is 0 Å². The van der Waals surface area contributed by atoms with Crippen molar-refractivity contribution in [3.05, 3.63) is 62.0 Å². The Kier molecular flexibility index (Phi) is 5.95. The Morgan fingerprint density at radius 1 is 1.13 bits per heavy atom. The molecular formula is C21H14BrCl4N3O2. The topological polar surface area (TPSA) is 82.0 Å². The first kappa shape index (κ1) is 22.7. The highest BCUT2D eigenvalue weighted by Gasteiger charge is 2.67. The minimum absolute atomic E-state index is 0.162. The zero-order chi connectivity index (χ0) is 22.6. The lowest BCUT2D eigenvalue weighted by Gasteiger charge is -2.12. The summed E-state index contributed by atoms with van der Waals surface area (Å²) in [4.78, 5) is 25.4. The molecule has 2 atom stereocenters. The average Bonchev–Trinajstić information content (AvgIpc) is 3.57. The number of hydrogen-bond acceptors (Lipinski definition) is 3. The van der Waals surface area contributed by atoms with E-state index in [0.717, 1.165) is 10.0 Å². The van der Waals surface area contributed by atoms with Crippen LogP contribution in [0.4, 0.5) is 5.69 Å². The van der Waals surface area contributed by atoms with Crippen LogP contribution in [0.2, 0.25) is 10.0 Å². The van der Waals surface area contributed by atoms with E-state index in [1.165, 1.54) is 12.1 Å². The summed E-state index contributed by atoms with van der Waals surface area (Å²) in [5.74, 6) is -2.01. The molecule has 0 aromatic heterocycles. The first-order valence-corrected chi connectivity index (χ1v) is 11.5. The van der Waals surface area contributed by atoms with Gasteiger partial charge in [0.2, 0.25) is 5.91 Å². The smallest absolute Gasteiger partial charge is 0.254 e. The largest absolute Gasteiger partial charge is 0.334 e. The number of anilines is 1. The predicted octanol–water partition coefficient (Wildman–Crippen LogP) is 6.07. The van der Waals surface area contributed by atoms with Crippen LogP contribution in [0.1, 0.15) is 34.7 Å². The molecule has 160 valence electrons. The predicted molar refractivity (Wildman–Crippen MR) is 125 cm³/mol. The first-order chi connectivity index (χ1) is 14.6. The highest BCUT2D eigenvalue weighted by Crippen LogP contribution is 2.65. The standard InChI is InChI=1S/C21H14BrCl4N3O2/c22-11-5-10(6-12(23)7-11)16-17(21(16,25)26)19(31)28-13-1-2-15(24)14(8-13)18(30)29-20(9-27)3-4-20/h1-2,5-8,16-17H,3-4H2,(H,28,31)(H,29,30)/t16-,17+/m0/s1. The molecule has 2 aromatic carbocycles. The van der Waals surface area contributed by atoms with Crippen LogP contribution in [-0.2, 0) is 4.79 Å². The lowest BCUT2D eigenvalue weighted by atomic mass is 10.1. The third-order valence-electron chi connectivity index (χ3n) is 5.38. The minimum Gasteiger partial charge on any atom is -0.334 e. The summed E-state index contributed by atoms with van der Waals surface area (Å²) in [5, 5.41) is 15.3. The zero-order valence-corrected chi connectivity index (χ0v) is 20.3. The van der Waals surface area contributed by atoms with E-state index in [4.69, 9.17) is 46.4 Å². The van der Waals surface area contributed by atoms with Crippen molar-refractivity contribution in [3.63, 3.8) is 0 Å². The fourth-order valence-corrected chi connectivity index (χ4v) is 5.41. The second kappa shape index (κ2) is 8.13. The maximum Gasteiger partial charge on any atom is 0.254 e. The van der Waals surface area contributed by atoms with E-state index < -0.39 is 33.5 Å². The molecular weight excluding hydrogens is 548 g/mol. The molecule has 0 heterocycles. The van der Waals surface area contributed by atoms with Gasteiger partial charge in [0.25, 0.3) is 5.91 Å². The van der Waals surface area contributed by atoms with Gasteiger partial charge in [0, 0.05) is 21.1 Å². The van der Waals surface area contributed by atoms with Crippen LogP contribution in [0.15, 0.2) is 40.9 Å². The summed E-state index contributed by atoms with van der Waals surface area (Å²) in [6, 6.07) is 11.9. The first-order valence-electron chi connectivity index (χ1n) is 9.24. The maximum absolute atomic E-state index is 12.9. The number of benzene rings is 2. The Morgan fingerprint density at radius 3 is 2.45 bits per heavy atom. The van der Waals surface area contributed by atoms with Gasteiger partial charge in [0.05, 0.1) is 22.6 Å². The lowest BCUT2D eigenvalue weighted by Crippen LogP contribution is -2.35. The van der Waals surface area contributed by atoms with E-state index in [9.17, 15) is 14.9 Å². The van der Waals surface area contributed by atoms with Crippen molar-refractivity contribution in [2.75, 3.05) is 5.32 Å². The molecule has 0 aliphatic heterocycles. The highest BCUT2D eigenvalue weighted by atomic mass is 79.9. The van der Waals surface area contributed by atoms with Crippen molar-refractivity contribution in [3.8, 4) is 6.07 Å². The molecule has 0 saturated heterocycles. The van der Waals surface area contributed by atoms with Crippen molar-refractivity contribution in [1.82, 2.24) is 5.32 Å². The van der Waals surface area contributed by atoms with Crippen molar-refractivity contribution in [2.24, 2.45) is 5.92 Å². The number of amides is 2. The number of nitrogens with zero attached hydrogens (tertiary/aromatic N) is 1. The van der Waals surface area contributed by atoms with Crippen LogP contribution >= 0.6 is 62.3 Å². The summed E-state index contributed by atoms with van der Waals surface area (Å²) >= 11 is 28.5. The van der Waals surface area contributed by atoms with Crippen molar-refractivity contribution in [1.29, 1.82) is 5.26 Å². The van der Waals surface area contributed by atoms with Crippen LogP contribution in [0, 0.1) is 17.2 Å². The Hall–Kier alpha value is -1.49. The molecule has 2 aliphatic rings. The van der Waals surface area contributed by atoms with E-state index in [1.807, 2.05) is 6.07 Å². The molecule has 5 nitrogen and oxygen atoms in total. The van der Waals surface area contributed by atoms with E-state index in [-0.39, 0.29) is 10.6 Å². The molecule has 10 heteroatoms. The summed E-state index contributed by atoms with van der Waals surface area (Å²) in [6.07, 6.45) is 1.19. The van der Waals surface area contributed by atoms with Crippen LogP contribution in [0.25, 0.3) is 0 Å². The maximum atomic E-state index is 12.9. The van der Waals surface area contributed by atoms with Gasteiger partial charge in [0.15, 0.2) is 0 Å². The van der Waals surface area contributed by atoms with Gasteiger partial charge < -0.3 is 10.6 Å². The van der Waals surface area contributed by atoms with Crippen LogP contribution in [-0.4, -0.2) is 21.7 Å². The molecule has 4 rings (SSSR count). The van der Waals surface area contributed by atoms with E-state index in [2.05, 4.69) is 32.6 Å². The lowest BCUT2D eigenvalue weighted by molar-refractivity contribution is -0.117. The van der Waals surface area contributed by atoms with Gasteiger partial charge in [-0.3, -0.25) is 9.59 Å². The number of nitriles is 1. The molecule has 0 spiro atoms. The fourth-order valence-electron chi connectivity index (χ4n) is 3.49. The number of nitrogens with one attached hydrogen (secondary N) is 2. The normalized spacial score (nSPS) is 22.2. The second-order valence-corrected chi connectivity index (χ2v) is 10.9. The molecule has 2 aliphatic carbocycles. The van der Waals surface area contributed by atoms with Gasteiger partial charge in [-0.1, -0.05) is 39.1 Å². The summed E-state index contributed by atoms with van der Waals surface area (Å²) in [6.45, 7) is 0. The van der Waals surface area contributed by atoms with Gasteiger partial charge >= 0.3 is 0 Å². The quantitative estimate of drug-likeness (QED) is 0.435. The number of alkyl halides is 2. The summed E-state index contributed by atoms with van der Waals surface area (Å²) in [5.41, 5.74) is 0.439. The van der Waals surface area contributed by atoms with Crippen molar-refractivity contribution < 1.29 is 9.59 Å². The van der Waals surface area contributed by atoms with Gasteiger partial charge in [-0.15, -0.1) is 23.2 Å². The molecule has 0 radical (unpaired) electrons. The zero-order valence-electron chi connectivity index (χ0n) is 15.7. The minimum atomic E-state index is -1.29.